The highest BCUT2D eigenvalue weighted by Gasteiger charge is 2.36. The highest BCUT2D eigenvalue weighted by atomic mass is 35.5. The lowest BCUT2D eigenvalue weighted by atomic mass is 9.94. The van der Waals surface area contributed by atoms with Crippen molar-refractivity contribution < 1.29 is 17.9 Å². The van der Waals surface area contributed by atoms with Crippen LogP contribution in [0.15, 0.2) is 18.6 Å². The third-order valence-corrected chi connectivity index (χ3v) is 6.01. The van der Waals surface area contributed by atoms with Gasteiger partial charge in [0.05, 0.1) is 12.9 Å². The minimum atomic E-state index is -4.67. The number of ether oxygens (including phenoxy) is 1. The number of hydrogen-bond donors (Lipinski definition) is 0. The Morgan fingerprint density at radius 2 is 1.94 bits per heavy atom. The molecule has 0 atom stereocenters. The van der Waals surface area contributed by atoms with Crippen molar-refractivity contribution in [2.45, 2.75) is 32.4 Å². The normalized spacial score (nSPS) is 15.2. The van der Waals surface area contributed by atoms with Crippen LogP contribution in [-0.4, -0.2) is 55.6 Å². The van der Waals surface area contributed by atoms with Crippen molar-refractivity contribution in [2.24, 2.45) is 13.0 Å². The molecule has 34 heavy (non-hydrogen) atoms. The number of halogens is 4. The van der Waals surface area contributed by atoms with Gasteiger partial charge in [-0.3, -0.25) is 0 Å². The fraction of sp³-hybridized carbons (Fsp3) is 0.500. The van der Waals surface area contributed by atoms with E-state index in [9.17, 15) is 18.4 Å². The van der Waals surface area contributed by atoms with Crippen molar-refractivity contribution in [1.82, 2.24) is 29.4 Å². The average molecular weight is 496 g/mol. The Balaban J connectivity index is 0.00000324. The molecule has 0 spiro atoms. The minimum absolute atomic E-state index is 0. The van der Waals surface area contributed by atoms with Gasteiger partial charge in [0, 0.05) is 18.8 Å². The summed E-state index contributed by atoms with van der Waals surface area (Å²) in [6.45, 7) is 5.32. The second-order valence-electron chi connectivity index (χ2n) is 8.12. The third-order valence-electron chi connectivity index (χ3n) is 6.01. The van der Waals surface area contributed by atoms with Gasteiger partial charge in [-0.2, -0.15) is 23.4 Å². The number of fused-ring (bicyclic) bond motifs is 1. The molecule has 1 aliphatic heterocycles. The molecule has 1 saturated heterocycles. The zero-order chi connectivity index (χ0) is 23.6. The lowest BCUT2D eigenvalue weighted by molar-refractivity contribution is -0.139. The molecule has 0 aromatic carbocycles. The predicted molar refractivity (Wildman–Crippen MR) is 121 cm³/mol. The maximum atomic E-state index is 13.8. The Morgan fingerprint density at radius 3 is 2.59 bits per heavy atom. The van der Waals surface area contributed by atoms with Crippen LogP contribution in [0.2, 0.25) is 0 Å². The molecule has 4 heterocycles. The van der Waals surface area contributed by atoms with Crippen molar-refractivity contribution in [3.63, 3.8) is 0 Å². The number of alkyl halides is 3. The molecule has 0 bridgehead atoms. The van der Waals surface area contributed by atoms with E-state index in [1.54, 1.807) is 11.6 Å². The summed E-state index contributed by atoms with van der Waals surface area (Å²) in [7, 11) is 1.68. The molecular weight excluding hydrogens is 471 g/mol. The standard InChI is InChI=1S/C22H24F3N7O.ClH/c1-3-32-7-4-14(5-8-32)6-9-33-21-16(22(23,24)25)10-15(12-27-21)18-19-20(31(2)13-28-19)30-17(11-26)29-18;/h10,12-14H,3-9H2,1-2H3;1H. The van der Waals surface area contributed by atoms with Gasteiger partial charge in [0.15, 0.2) is 5.65 Å². The number of imidazole rings is 1. The summed E-state index contributed by atoms with van der Waals surface area (Å²) in [6.07, 6.45) is 0.783. The number of nitrogens with zero attached hydrogens (tertiary/aromatic N) is 7. The molecule has 4 rings (SSSR count). The quantitative estimate of drug-likeness (QED) is 0.505. The molecular formula is C22H25ClF3N7O. The molecule has 182 valence electrons. The first-order chi connectivity index (χ1) is 15.8. The minimum Gasteiger partial charge on any atom is -0.477 e. The average Bonchev–Trinajstić information content (AvgIpc) is 3.19. The zero-order valence-electron chi connectivity index (χ0n) is 18.8. The van der Waals surface area contributed by atoms with Crippen LogP contribution in [0.4, 0.5) is 13.2 Å². The number of hydrogen-bond acceptors (Lipinski definition) is 7. The molecule has 1 aliphatic rings. The van der Waals surface area contributed by atoms with Crippen molar-refractivity contribution in [1.29, 1.82) is 5.26 Å². The van der Waals surface area contributed by atoms with E-state index in [0.29, 0.717) is 23.5 Å². The molecule has 0 aliphatic carbocycles. The van der Waals surface area contributed by atoms with E-state index in [1.165, 1.54) is 12.5 Å². The molecule has 3 aromatic heterocycles. The third kappa shape index (κ3) is 5.39. The van der Waals surface area contributed by atoms with Crippen LogP contribution in [0.25, 0.3) is 22.4 Å². The van der Waals surface area contributed by atoms with E-state index in [4.69, 9.17) is 4.74 Å². The Morgan fingerprint density at radius 1 is 1.21 bits per heavy atom. The van der Waals surface area contributed by atoms with Gasteiger partial charge in [-0.1, -0.05) is 6.92 Å². The summed E-state index contributed by atoms with van der Waals surface area (Å²) in [4.78, 5) is 18.7. The number of rotatable bonds is 6. The van der Waals surface area contributed by atoms with Gasteiger partial charge in [0.1, 0.15) is 22.8 Å². The van der Waals surface area contributed by atoms with Crippen LogP contribution in [0, 0.1) is 17.2 Å². The van der Waals surface area contributed by atoms with E-state index in [0.717, 1.165) is 38.5 Å². The number of aromatic nitrogens is 5. The summed E-state index contributed by atoms with van der Waals surface area (Å²) >= 11 is 0. The fourth-order valence-electron chi connectivity index (χ4n) is 4.07. The van der Waals surface area contributed by atoms with Crippen molar-refractivity contribution in [3.8, 4) is 23.2 Å². The maximum Gasteiger partial charge on any atom is 0.421 e. The Hall–Kier alpha value is -2.97. The molecule has 0 amide bonds. The van der Waals surface area contributed by atoms with Crippen LogP contribution in [-0.2, 0) is 13.2 Å². The van der Waals surface area contributed by atoms with E-state index in [2.05, 4.69) is 31.8 Å². The summed E-state index contributed by atoms with van der Waals surface area (Å²) in [5.74, 6) is -0.183. The first-order valence-electron chi connectivity index (χ1n) is 10.8. The molecule has 1 fully saturated rings. The summed E-state index contributed by atoms with van der Waals surface area (Å²) < 4.78 is 48.6. The Labute approximate surface area is 201 Å². The second kappa shape index (κ2) is 10.5. The van der Waals surface area contributed by atoms with Crippen LogP contribution in [0.3, 0.4) is 0 Å². The fourth-order valence-corrected chi connectivity index (χ4v) is 4.07. The summed E-state index contributed by atoms with van der Waals surface area (Å²) in [5, 5.41) is 9.23. The van der Waals surface area contributed by atoms with Crippen molar-refractivity contribution in [2.75, 3.05) is 26.2 Å². The van der Waals surface area contributed by atoms with Crippen LogP contribution < -0.4 is 4.74 Å². The molecule has 12 heteroatoms. The van der Waals surface area contributed by atoms with Crippen LogP contribution in [0.1, 0.15) is 37.6 Å². The van der Waals surface area contributed by atoms with Crippen molar-refractivity contribution >= 4 is 23.6 Å². The van der Waals surface area contributed by atoms with Crippen LogP contribution in [0.5, 0.6) is 5.88 Å². The van der Waals surface area contributed by atoms with Gasteiger partial charge in [-0.25, -0.2) is 15.0 Å². The highest BCUT2D eigenvalue weighted by molar-refractivity contribution is 5.87. The molecule has 0 N–H and O–H groups in total. The first-order valence-corrected chi connectivity index (χ1v) is 10.8. The maximum absolute atomic E-state index is 13.8. The largest absolute Gasteiger partial charge is 0.477 e. The van der Waals surface area contributed by atoms with E-state index in [-0.39, 0.29) is 36.1 Å². The van der Waals surface area contributed by atoms with Gasteiger partial charge >= 0.3 is 6.18 Å². The first kappa shape index (κ1) is 25.6. The number of likely N-dealkylation sites (tertiary alicyclic amines) is 1. The smallest absolute Gasteiger partial charge is 0.421 e. The number of aryl methyl sites for hydroxylation is 1. The lowest BCUT2D eigenvalue weighted by Gasteiger charge is -2.30. The topological polar surface area (TPSA) is 92.8 Å². The Kier molecular flexibility index (Phi) is 7.94. The molecule has 0 radical (unpaired) electrons. The molecule has 0 unspecified atom stereocenters. The SMILES string of the molecule is CCN1CCC(CCOc2ncc(-c3nc(C#N)nc4c3ncn4C)cc2C(F)(F)F)CC1.Cl. The Bertz CT molecular complexity index is 1180. The number of pyridine rings is 1. The second-order valence-corrected chi connectivity index (χ2v) is 8.12. The van der Waals surface area contributed by atoms with Crippen LogP contribution >= 0.6 is 12.4 Å². The van der Waals surface area contributed by atoms with E-state index < -0.39 is 17.6 Å². The molecule has 3 aromatic rings. The number of nitriles is 1. The molecule has 8 nitrogen and oxygen atoms in total. The highest BCUT2D eigenvalue weighted by Crippen LogP contribution is 2.38. The lowest BCUT2D eigenvalue weighted by Crippen LogP contribution is -2.33. The van der Waals surface area contributed by atoms with E-state index >= 15 is 0 Å². The van der Waals surface area contributed by atoms with Gasteiger partial charge in [-0.05, 0) is 50.9 Å². The van der Waals surface area contributed by atoms with Gasteiger partial charge in [-0.15, -0.1) is 12.4 Å². The van der Waals surface area contributed by atoms with Crippen molar-refractivity contribution in [3.05, 3.63) is 30.0 Å². The zero-order valence-corrected chi connectivity index (χ0v) is 19.7. The monoisotopic (exact) mass is 495 g/mol. The summed E-state index contributed by atoms with van der Waals surface area (Å²) in [5.41, 5.74) is -0.145. The van der Waals surface area contributed by atoms with Gasteiger partial charge in [0.2, 0.25) is 11.7 Å². The van der Waals surface area contributed by atoms with E-state index in [1.807, 2.05) is 6.07 Å². The predicted octanol–water partition coefficient (Wildman–Crippen LogP) is 4.24. The summed E-state index contributed by atoms with van der Waals surface area (Å²) in [6, 6.07) is 2.78. The van der Waals surface area contributed by atoms with Gasteiger partial charge in [0.25, 0.3) is 0 Å². The number of piperidine rings is 1. The molecule has 0 saturated carbocycles. The van der Waals surface area contributed by atoms with Gasteiger partial charge < -0.3 is 14.2 Å².